The molecule has 224 valence electrons. The Labute approximate surface area is 255 Å². The summed E-state index contributed by atoms with van der Waals surface area (Å²) in [5, 5.41) is 11.1. The third kappa shape index (κ3) is 8.39. The van der Waals surface area contributed by atoms with Crippen LogP contribution in [0.15, 0.2) is 72.3 Å². The molecule has 0 radical (unpaired) electrons. The van der Waals surface area contributed by atoms with Crippen LogP contribution in [0.5, 0.6) is 11.5 Å². The van der Waals surface area contributed by atoms with Gasteiger partial charge >= 0.3 is 6.09 Å². The van der Waals surface area contributed by atoms with Crippen LogP contribution in [0, 0.1) is 0 Å². The van der Waals surface area contributed by atoms with Gasteiger partial charge in [0.25, 0.3) is 0 Å². The molecule has 4 N–H and O–H groups in total. The Hall–Kier alpha value is -3.28. The van der Waals surface area contributed by atoms with Gasteiger partial charge in [-0.3, -0.25) is 4.90 Å². The van der Waals surface area contributed by atoms with Gasteiger partial charge in [-0.05, 0) is 84.7 Å². The number of amides is 1. The largest absolute Gasteiger partial charge is 0.493 e. The Morgan fingerprint density at radius 1 is 1.07 bits per heavy atom. The quantitative estimate of drug-likeness (QED) is 0.245. The highest BCUT2D eigenvalue weighted by Crippen LogP contribution is 2.42. The summed E-state index contributed by atoms with van der Waals surface area (Å²) in [6.45, 7) is 2.45. The first-order valence-corrected chi connectivity index (χ1v) is 15.9. The molecule has 3 aromatic carbocycles. The van der Waals surface area contributed by atoms with E-state index in [9.17, 15) is 18.3 Å². The van der Waals surface area contributed by atoms with Crippen LogP contribution in [-0.2, 0) is 10.0 Å². The summed E-state index contributed by atoms with van der Waals surface area (Å²) < 4.78 is 36.2. The lowest BCUT2D eigenvalue weighted by Gasteiger charge is -2.38. The zero-order chi connectivity index (χ0) is 30.4. The number of anilines is 1. The molecule has 0 aliphatic carbocycles. The Bertz CT molecular complexity index is 1550. The molecule has 0 saturated carbocycles. The number of rotatable bonds is 10. The molecule has 1 aliphatic heterocycles. The fourth-order valence-corrected chi connectivity index (χ4v) is 5.58. The van der Waals surface area contributed by atoms with Gasteiger partial charge in [0.05, 0.1) is 25.0 Å². The molecule has 0 fully saturated rings. The van der Waals surface area contributed by atoms with E-state index in [2.05, 4.69) is 4.72 Å². The normalized spacial score (nSPS) is 16.3. The maximum Gasteiger partial charge on any atom is 0.416 e. The number of sulfonamides is 1. The van der Waals surface area contributed by atoms with Crippen molar-refractivity contribution in [2.45, 2.75) is 31.9 Å². The summed E-state index contributed by atoms with van der Waals surface area (Å²) in [5.41, 5.74) is 10.5. The van der Waals surface area contributed by atoms with E-state index in [1.807, 2.05) is 25.1 Å². The van der Waals surface area contributed by atoms with Crippen molar-refractivity contribution in [3.05, 3.63) is 93.5 Å². The number of hydrogen-bond acceptors (Lipinski definition) is 7. The molecule has 12 heteroatoms. The number of aliphatic hydroxyl groups excluding tert-OH is 1. The van der Waals surface area contributed by atoms with Crippen molar-refractivity contribution in [1.29, 1.82) is 0 Å². The van der Waals surface area contributed by atoms with Crippen molar-refractivity contribution >= 4 is 50.6 Å². The minimum Gasteiger partial charge on any atom is -0.493 e. The summed E-state index contributed by atoms with van der Waals surface area (Å²) in [6.07, 6.45) is 0.444. The molecular formula is C30H33Cl2N3O6S. The molecule has 0 bridgehead atoms. The van der Waals surface area contributed by atoms with Crippen molar-refractivity contribution in [3.63, 3.8) is 0 Å². The van der Waals surface area contributed by atoms with Gasteiger partial charge in [0.1, 0.15) is 11.5 Å². The number of ether oxygens (including phenoxy) is 2. The number of benzene rings is 3. The van der Waals surface area contributed by atoms with E-state index in [1.54, 1.807) is 53.4 Å². The highest BCUT2D eigenvalue weighted by atomic mass is 35.5. The molecule has 0 spiro atoms. The number of carbonyl (C=O) groups excluding carboxylic acids is 1. The minimum atomic E-state index is -3.38. The number of nitrogen functional groups attached to an aromatic ring is 1. The number of hydrogen-bond donors (Lipinski definition) is 3. The van der Waals surface area contributed by atoms with Crippen molar-refractivity contribution in [3.8, 4) is 11.5 Å². The van der Waals surface area contributed by atoms with Gasteiger partial charge < -0.3 is 20.3 Å². The van der Waals surface area contributed by atoms with E-state index in [0.29, 0.717) is 40.2 Å². The number of nitrogens with two attached hydrogens (primary N) is 1. The average Bonchev–Trinajstić information content (AvgIpc) is 2.94. The lowest BCUT2D eigenvalue weighted by atomic mass is 9.85. The van der Waals surface area contributed by atoms with Gasteiger partial charge in [0.2, 0.25) is 10.0 Å². The van der Waals surface area contributed by atoms with Gasteiger partial charge in [-0.1, -0.05) is 35.3 Å². The fourth-order valence-electron chi connectivity index (χ4n) is 4.79. The van der Waals surface area contributed by atoms with Crippen LogP contribution >= 0.6 is 23.2 Å². The number of nitrogens with one attached hydrogen (secondary N) is 1. The predicted molar refractivity (Wildman–Crippen MR) is 165 cm³/mol. The van der Waals surface area contributed by atoms with Gasteiger partial charge in [-0.15, -0.1) is 0 Å². The standard InChI is InChI=1S/C30H33Cl2N3O6S/c1-19-26(27-17-22(32)7-12-28(27)33)13-15-35(30(37)41-25-10-5-21(31)6-11-25)29(19)20-3-8-24(9-4-20)40-16-14-23(36)18-34-42(2,38)39/h3-12,17,23,29,34,36H,13-16,18,33H2,1-2H3/t23?,29-/m1/s1. The van der Waals surface area contributed by atoms with Gasteiger partial charge in [-0.2, -0.15) is 0 Å². The summed E-state index contributed by atoms with van der Waals surface area (Å²) >= 11 is 12.3. The van der Waals surface area contributed by atoms with E-state index in [4.69, 9.17) is 38.4 Å². The maximum absolute atomic E-state index is 13.4. The first-order valence-electron chi connectivity index (χ1n) is 13.3. The van der Waals surface area contributed by atoms with Crippen LogP contribution in [-0.4, -0.2) is 56.6 Å². The number of carbonyl (C=O) groups is 1. The van der Waals surface area contributed by atoms with Gasteiger partial charge in [0.15, 0.2) is 0 Å². The van der Waals surface area contributed by atoms with E-state index in [1.165, 1.54) is 0 Å². The van der Waals surface area contributed by atoms with Gasteiger partial charge in [-0.25, -0.2) is 17.9 Å². The highest BCUT2D eigenvalue weighted by molar-refractivity contribution is 7.88. The first kappa shape index (κ1) is 31.7. The lowest BCUT2D eigenvalue weighted by molar-refractivity contribution is 0.137. The molecule has 0 saturated heterocycles. The lowest BCUT2D eigenvalue weighted by Crippen LogP contribution is -2.41. The maximum atomic E-state index is 13.4. The summed E-state index contributed by atoms with van der Waals surface area (Å²) in [6, 6.07) is 18.8. The number of aliphatic hydroxyl groups is 1. The second-order valence-electron chi connectivity index (χ2n) is 10.0. The predicted octanol–water partition coefficient (Wildman–Crippen LogP) is 5.67. The van der Waals surface area contributed by atoms with Crippen molar-refractivity contribution in [2.75, 3.05) is 31.7 Å². The third-order valence-electron chi connectivity index (χ3n) is 6.89. The number of nitrogens with zero attached hydrogens (tertiary/aromatic N) is 1. The molecule has 9 nitrogen and oxygen atoms in total. The van der Waals surface area contributed by atoms with E-state index >= 15 is 0 Å². The van der Waals surface area contributed by atoms with Crippen molar-refractivity contribution in [2.24, 2.45) is 0 Å². The molecule has 4 rings (SSSR count). The molecule has 42 heavy (non-hydrogen) atoms. The monoisotopic (exact) mass is 633 g/mol. The van der Waals surface area contributed by atoms with E-state index < -0.39 is 28.3 Å². The zero-order valence-corrected chi connectivity index (χ0v) is 25.5. The van der Waals surface area contributed by atoms with Crippen LogP contribution in [0.2, 0.25) is 10.0 Å². The molecule has 1 unspecified atom stereocenters. The Balaban J connectivity index is 1.56. The number of halogens is 2. The van der Waals surface area contributed by atoms with Crippen molar-refractivity contribution in [1.82, 2.24) is 9.62 Å². The van der Waals surface area contributed by atoms with E-state index in [0.717, 1.165) is 28.5 Å². The van der Waals surface area contributed by atoms with E-state index in [-0.39, 0.29) is 19.6 Å². The molecular weight excluding hydrogens is 601 g/mol. The second-order valence-corrected chi connectivity index (χ2v) is 12.7. The van der Waals surface area contributed by atoms with Gasteiger partial charge in [0, 0.05) is 40.8 Å². The molecule has 2 atom stereocenters. The van der Waals surface area contributed by atoms with Crippen LogP contribution < -0.4 is 19.9 Å². The summed E-state index contributed by atoms with van der Waals surface area (Å²) in [5.74, 6) is 0.946. The molecule has 0 aromatic heterocycles. The van der Waals surface area contributed by atoms with Crippen LogP contribution in [0.3, 0.4) is 0 Å². The second kappa shape index (κ2) is 13.8. The SMILES string of the molecule is CC1=C(c2cc(Cl)ccc2N)CCN(C(=O)Oc2ccc(Cl)cc2)[C@H]1c1ccc(OCCC(O)CNS(C)(=O)=O)cc1. The minimum absolute atomic E-state index is 0.0874. The summed E-state index contributed by atoms with van der Waals surface area (Å²) in [7, 11) is -3.38. The Morgan fingerprint density at radius 2 is 1.71 bits per heavy atom. The zero-order valence-electron chi connectivity index (χ0n) is 23.2. The molecule has 1 heterocycles. The molecule has 1 aliphatic rings. The van der Waals surface area contributed by atoms with Crippen LogP contribution in [0.1, 0.15) is 36.9 Å². The third-order valence-corrected chi connectivity index (χ3v) is 8.07. The average molecular weight is 635 g/mol. The Kier molecular flexibility index (Phi) is 10.4. The smallest absolute Gasteiger partial charge is 0.416 e. The van der Waals surface area contributed by atoms with Crippen molar-refractivity contribution < 1.29 is 27.8 Å². The Morgan fingerprint density at radius 3 is 2.38 bits per heavy atom. The topological polar surface area (TPSA) is 131 Å². The first-order chi connectivity index (χ1) is 19.9. The van der Waals surface area contributed by atoms with Crippen LogP contribution in [0.4, 0.5) is 10.5 Å². The fraction of sp³-hybridized carbons (Fsp3) is 0.300. The molecule has 1 amide bonds. The van der Waals surface area contributed by atoms with Crippen LogP contribution in [0.25, 0.3) is 5.57 Å². The summed E-state index contributed by atoms with van der Waals surface area (Å²) in [4.78, 5) is 15.1. The molecule has 3 aromatic rings. The highest BCUT2D eigenvalue weighted by Gasteiger charge is 2.34.